The molecule has 0 aliphatic heterocycles. The van der Waals surface area contributed by atoms with Gasteiger partial charge in [0.15, 0.2) is 0 Å². The zero-order valence-electron chi connectivity index (χ0n) is 18.9. The fraction of sp³-hybridized carbons (Fsp3) is 0.321. The van der Waals surface area contributed by atoms with Crippen LogP contribution in [0.3, 0.4) is 0 Å². The Morgan fingerprint density at radius 3 is 1.62 bits per heavy atom. The fourth-order valence-corrected chi connectivity index (χ4v) is 8.71. The Balaban J connectivity index is 1.80. The van der Waals surface area contributed by atoms with Gasteiger partial charge in [0.2, 0.25) is 0 Å². The van der Waals surface area contributed by atoms with Crippen molar-refractivity contribution in [2.45, 2.75) is 44.6 Å². The van der Waals surface area contributed by atoms with Gasteiger partial charge in [-0.2, -0.15) is 0 Å². The van der Waals surface area contributed by atoms with E-state index in [4.69, 9.17) is 4.74 Å². The Bertz CT molecular complexity index is 832. The molecule has 0 aromatic heterocycles. The van der Waals surface area contributed by atoms with Gasteiger partial charge in [-0.05, 0) is 49.2 Å². The maximum absolute atomic E-state index is 11.3. The van der Waals surface area contributed by atoms with Crippen molar-refractivity contribution < 1.29 is 14.6 Å². The summed E-state index contributed by atoms with van der Waals surface area (Å²) < 4.78 is 4.70. The smallest absolute Gasteiger partial charge is 0.305 e. The van der Waals surface area contributed by atoms with E-state index in [9.17, 15) is 9.90 Å². The van der Waals surface area contributed by atoms with Crippen LogP contribution >= 0.6 is 7.26 Å². The van der Waals surface area contributed by atoms with Crippen LogP contribution in [0.4, 0.5) is 0 Å². The van der Waals surface area contributed by atoms with Crippen LogP contribution in [0.1, 0.15) is 38.5 Å². The number of rotatable bonds is 12. The Morgan fingerprint density at radius 2 is 1.19 bits per heavy atom. The van der Waals surface area contributed by atoms with Gasteiger partial charge in [-0.25, -0.2) is 0 Å². The van der Waals surface area contributed by atoms with E-state index in [0.717, 1.165) is 38.3 Å². The molecule has 0 spiro atoms. The maximum Gasteiger partial charge on any atom is 0.305 e. The van der Waals surface area contributed by atoms with Crippen LogP contribution in [0, 0.1) is 0 Å². The van der Waals surface area contributed by atoms with E-state index in [1.54, 1.807) is 0 Å². The number of methoxy groups -OCH3 is 1. The monoisotopic (exact) mass is 449 g/mol. The van der Waals surface area contributed by atoms with Crippen molar-refractivity contribution >= 4 is 29.1 Å². The zero-order chi connectivity index (χ0) is 22.7. The van der Waals surface area contributed by atoms with E-state index in [-0.39, 0.29) is 12.1 Å². The predicted molar refractivity (Wildman–Crippen MR) is 136 cm³/mol. The molecular weight excluding hydrogens is 415 g/mol. The molecule has 3 aromatic rings. The van der Waals surface area contributed by atoms with E-state index in [1.807, 2.05) is 0 Å². The lowest BCUT2D eigenvalue weighted by molar-refractivity contribution is -0.140. The van der Waals surface area contributed by atoms with Crippen LogP contribution in [0.5, 0.6) is 0 Å². The largest absolute Gasteiger partial charge is 0.469 e. The number of hydrogen-bond acceptors (Lipinski definition) is 3. The number of unbranched alkanes of at least 4 members (excludes halogenated alkanes) is 3. The van der Waals surface area contributed by atoms with Crippen molar-refractivity contribution in [3.63, 3.8) is 0 Å². The molecule has 0 aliphatic rings. The second-order valence-corrected chi connectivity index (χ2v) is 11.7. The number of aliphatic hydroxyl groups is 1. The Labute approximate surface area is 192 Å². The molecule has 0 aliphatic carbocycles. The first kappa shape index (κ1) is 24.2. The van der Waals surface area contributed by atoms with Gasteiger partial charge in [-0.3, -0.25) is 4.79 Å². The summed E-state index contributed by atoms with van der Waals surface area (Å²) in [6.45, 7) is 0. The third-order valence-electron chi connectivity index (χ3n) is 5.97. The van der Waals surface area contributed by atoms with Gasteiger partial charge < -0.3 is 9.84 Å². The molecule has 0 radical (unpaired) electrons. The Hall–Kier alpha value is -2.48. The minimum absolute atomic E-state index is 0.145. The first-order chi connectivity index (χ1) is 15.7. The number of carbonyl (C=O) groups is 1. The highest BCUT2D eigenvalue weighted by Gasteiger charge is 2.46. The minimum Gasteiger partial charge on any atom is -0.469 e. The molecule has 1 N–H and O–H groups in total. The second-order valence-electron chi connectivity index (χ2n) is 8.18. The standard InChI is InChI=1S/C28H34O3P/c1-31-28(30)22-14-3-2-7-15-24(29)23-32(25-16-8-4-9-17-25,26-18-10-5-11-19-26)27-20-12-6-13-21-27/h4-6,8-13,16-21,24,29H,2-3,7,14-15,22-23H2,1H3/q+1/t24-/m0/s1. The molecule has 0 saturated carbocycles. The molecule has 0 saturated heterocycles. The predicted octanol–water partition coefficient (Wildman–Crippen LogP) is 4.86. The summed E-state index contributed by atoms with van der Waals surface area (Å²) in [5, 5.41) is 15.1. The molecule has 3 aromatic carbocycles. The van der Waals surface area contributed by atoms with Gasteiger partial charge in [-0.15, -0.1) is 0 Å². The van der Waals surface area contributed by atoms with Gasteiger partial charge in [0.1, 0.15) is 23.2 Å². The molecule has 168 valence electrons. The van der Waals surface area contributed by atoms with E-state index in [0.29, 0.717) is 6.42 Å². The average molecular weight is 450 g/mol. The van der Waals surface area contributed by atoms with E-state index < -0.39 is 7.26 Å². The summed E-state index contributed by atoms with van der Waals surface area (Å²) in [5.74, 6) is -0.145. The van der Waals surface area contributed by atoms with Gasteiger partial charge >= 0.3 is 5.97 Å². The lowest BCUT2D eigenvalue weighted by atomic mass is 10.1. The van der Waals surface area contributed by atoms with E-state index in [1.165, 1.54) is 23.0 Å². The summed E-state index contributed by atoms with van der Waals surface area (Å²) in [6, 6.07) is 32.1. The van der Waals surface area contributed by atoms with Crippen molar-refractivity contribution in [3.05, 3.63) is 91.0 Å². The van der Waals surface area contributed by atoms with Gasteiger partial charge in [0.05, 0.1) is 19.4 Å². The highest BCUT2D eigenvalue weighted by molar-refractivity contribution is 7.95. The lowest BCUT2D eigenvalue weighted by Crippen LogP contribution is -2.37. The van der Waals surface area contributed by atoms with Crippen molar-refractivity contribution in [1.29, 1.82) is 0 Å². The third-order valence-corrected chi connectivity index (χ3v) is 10.5. The molecular formula is C28H34O3P+. The molecule has 0 fully saturated rings. The highest BCUT2D eigenvalue weighted by atomic mass is 31.2. The van der Waals surface area contributed by atoms with Gasteiger partial charge in [0.25, 0.3) is 0 Å². The summed E-state index contributed by atoms with van der Waals surface area (Å²) in [5.41, 5.74) is 0. The molecule has 32 heavy (non-hydrogen) atoms. The third kappa shape index (κ3) is 6.28. The van der Waals surface area contributed by atoms with Crippen molar-refractivity contribution in [3.8, 4) is 0 Å². The molecule has 3 rings (SSSR count). The quantitative estimate of drug-likeness (QED) is 0.244. The van der Waals surface area contributed by atoms with Crippen molar-refractivity contribution in [1.82, 2.24) is 0 Å². The van der Waals surface area contributed by atoms with Crippen LogP contribution in [0.2, 0.25) is 0 Å². The number of ether oxygens (including phenoxy) is 1. The Kier molecular flexibility index (Phi) is 9.46. The molecule has 0 amide bonds. The summed E-state index contributed by atoms with van der Waals surface area (Å²) in [6.07, 6.45) is 5.39. The van der Waals surface area contributed by atoms with Crippen molar-refractivity contribution in [2.24, 2.45) is 0 Å². The molecule has 1 atom stereocenters. The molecule has 0 bridgehead atoms. The number of aliphatic hydroxyl groups excluding tert-OH is 1. The molecule has 3 nitrogen and oxygen atoms in total. The van der Waals surface area contributed by atoms with Crippen LogP contribution in [-0.2, 0) is 9.53 Å². The average Bonchev–Trinajstić information content (AvgIpc) is 2.86. The normalized spacial score (nSPS) is 12.3. The van der Waals surface area contributed by atoms with Gasteiger partial charge in [0, 0.05) is 6.42 Å². The SMILES string of the molecule is COC(=O)CCCCCC[C@H](O)C[P+](c1ccccc1)(c1ccccc1)c1ccccc1. The highest BCUT2D eigenvalue weighted by Crippen LogP contribution is 2.56. The van der Waals surface area contributed by atoms with E-state index in [2.05, 4.69) is 91.0 Å². The number of carbonyl (C=O) groups excluding carboxylic acids is 1. The number of esters is 1. The molecule has 4 heteroatoms. The zero-order valence-corrected chi connectivity index (χ0v) is 19.8. The first-order valence-electron chi connectivity index (χ1n) is 11.5. The number of hydrogen-bond donors (Lipinski definition) is 1. The van der Waals surface area contributed by atoms with Crippen LogP contribution in [0.15, 0.2) is 91.0 Å². The summed E-state index contributed by atoms with van der Waals surface area (Å²) >= 11 is 0. The van der Waals surface area contributed by atoms with E-state index >= 15 is 0 Å². The topological polar surface area (TPSA) is 46.5 Å². The van der Waals surface area contributed by atoms with Gasteiger partial charge in [-0.1, -0.05) is 73.9 Å². The number of benzene rings is 3. The second kappa shape index (κ2) is 12.5. The first-order valence-corrected chi connectivity index (χ1v) is 13.4. The lowest BCUT2D eigenvalue weighted by Gasteiger charge is -2.29. The maximum atomic E-state index is 11.3. The summed E-state index contributed by atoms with van der Waals surface area (Å²) in [7, 11) is -0.568. The molecule has 0 unspecified atom stereocenters. The van der Waals surface area contributed by atoms with Crippen LogP contribution in [0.25, 0.3) is 0 Å². The summed E-state index contributed by atoms with van der Waals surface area (Å²) in [4.78, 5) is 11.3. The van der Waals surface area contributed by atoms with Crippen molar-refractivity contribution in [2.75, 3.05) is 13.3 Å². The van der Waals surface area contributed by atoms with Crippen LogP contribution < -0.4 is 15.9 Å². The Morgan fingerprint density at radius 1 is 0.750 bits per heavy atom. The fourth-order valence-electron chi connectivity index (χ4n) is 4.32. The van der Waals surface area contributed by atoms with Crippen LogP contribution in [-0.4, -0.2) is 30.5 Å². The molecule has 0 heterocycles. The minimum atomic E-state index is -2.00.